The number of carbonyl (C=O) groups is 1. The summed E-state index contributed by atoms with van der Waals surface area (Å²) in [6, 6.07) is 4.78. The molecule has 1 amide bonds. The molecule has 20 heavy (non-hydrogen) atoms. The van der Waals surface area contributed by atoms with Crippen LogP contribution in [0.4, 0.5) is 10.1 Å². The van der Waals surface area contributed by atoms with E-state index in [9.17, 15) is 9.18 Å². The van der Waals surface area contributed by atoms with Crippen molar-refractivity contribution in [2.24, 2.45) is 11.7 Å². The van der Waals surface area contributed by atoms with Gasteiger partial charge in [0.2, 0.25) is 5.91 Å². The molecule has 0 spiro atoms. The summed E-state index contributed by atoms with van der Waals surface area (Å²) in [5, 5.41) is 2.67. The Kier molecular flexibility index (Phi) is 7.23. The smallest absolute Gasteiger partial charge is 0.224 e. The topological polar surface area (TPSA) is 55.1 Å². The highest BCUT2D eigenvalue weighted by Gasteiger charge is 2.12. The Labute approximate surface area is 120 Å². The number of nitrogens with one attached hydrogen (secondary N) is 1. The van der Waals surface area contributed by atoms with E-state index in [1.807, 2.05) is 0 Å². The van der Waals surface area contributed by atoms with Gasteiger partial charge in [-0.05, 0) is 43.9 Å². The minimum atomic E-state index is -0.384. The van der Waals surface area contributed by atoms with Gasteiger partial charge in [-0.2, -0.15) is 0 Å². The molecule has 1 aromatic rings. The average molecular weight is 280 g/mol. The van der Waals surface area contributed by atoms with Gasteiger partial charge in [-0.1, -0.05) is 31.9 Å². The first-order chi connectivity index (χ1) is 9.58. The van der Waals surface area contributed by atoms with Crippen LogP contribution in [-0.2, 0) is 4.79 Å². The first-order valence-corrected chi connectivity index (χ1v) is 7.33. The second kappa shape index (κ2) is 8.69. The zero-order valence-electron chi connectivity index (χ0n) is 12.4. The van der Waals surface area contributed by atoms with Crippen LogP contribution in [0.15, 0.2) is 18.2 Å². The minimum Gasteiger partial charge on any atom is -0.330 e. The van der Waals surface area contributed by atoms with Crippen LogP contribution in [0.5, 0.6) is 0 Å². The molecular formula is C16H25FN2O. The average Bonchev–Trinajstić information content (AvgIpc) is 2.41. The van der Waals surface area contributed by atoms with Gasteiger partial charge in [0.15, 0.2) is 0 Å². The highest BCUT2D eigenvalue weighted by molar-refractivity contribution is 5.91. The Hall–Kier alpha value is -1.42. The van der Waals surface area contributed by atoms with E-state index in [1.165, 1.54) is 6.07 Å². The fourth-order valence-electron chi connectivity index (χ4n) is 2.40. The van der Waals surface area contributed by atoms with Crippen molar-refractivity contribution in [3.8, 4) is 0 Å². The van der Waals surface area contributed by atoms with Crippen molar-refractivity contribution in [3.05, 3.63) is 29.6 Å². The molecule has 0 fully saturated rings. The molecule has 0 bridgehead atoms. The molecule has 0 saturated heterocycles. The zero-order chi connectivity index (χ0) is 15.0. The first kappa shape index (κ1) is 16.6. The van der Waals surface area contributed by atoms with Crippen LogP contribution >= 0.6 is 0 Å². The van der Waals surface area contributed by atoms with E-state index in [2.05, 4.69) is 12.2 Å². The number of benzene rings is 1. The van der Waals surface area contributed by atoms with E-state index in [4.69, 9.17) is 5.73 Å². The van der Waals surface area contributed by atoms with Crippen LogP contribution in [0.1, 0.15) is 44.6 Å². The van der Waals surface area contributed by atoms with E-state index >= 15 is 0 Å². The fourth-order valence-corrected chi connectivity index (χ4v) is 2.40. The SMILES string of the molecule is CCCC(CCN)CCC(=O)Nc1c(C)cccc1F. The van der Waals surface area contributed by atoms with Crippen molar-refractivity contribution in [2.75, 3.05) is 11.9 Å². The summed E-state index contributed by atoms with van der Waals surface area (Å²) in [6.07, 6.45) is 4.35. The minimum absolute atomic E-state index is 0.128. The van der Waals surface area contributed by atoms with Gasteiger partial charge in [-0.15, -0.1) is 0 Å². The Morgan fingerprint density at radius 2 is 2.10 bits per heavy atom. The number of amides is 1. The van der Waals surface area contributed by atoms with Crippen molar-refractivity contribution in [2.45, 2.75) is 46.0 Å². The number of halogens is 1. The lowest BCUT2D eigenvalue weighted by Crippen LogP contribution is -2.16. The van der Waals surface area contributed by atoms with Crippen LogP contribution in [0, 0.1) is 18.7 Å². The molecule has 0 aliphatic rings. The summed E-state index contributed by atoms with van der Waals surface area (Å²) in [5.41, 5.74) is 6.62. The molecule has 0 aliphatic carbocycles. The maximum absolute atomic E-state index is 13.6. The normalized spacial score (nSPS) is 12.2. The molecule has 1 aromatic carbocycles. The number of para-hydroxylation sites is 1. The highest BCUT2D eigenvalue weighted by Crippen LogP contribution is 2.21. The Morgan fingerprint density at radius 3 is 2.70 bits per heavy atom. The Balaban J connectivity index is 2.51. The molecule has 1 unspecified atom stereocenters. The van der Waals surface area contributed by atoms with Crippen molar-refractivity contribution in [1.82, 2.24) is 0 Å². The third-order valence-corrected chi connectivity index (χ3v) is 3.54. The van der Waals surface area contributed by atoms with Gasteiger partial charge < -0.3 is 11.1 Å². The second-order valence-corrected chi connectivity index (χ2v) is 5.25. The largest absolute Gasteiger partial charge is 0.330 e. The number of carbonyl (C=O) groups excluding carboxylic acids is 1. The van der Waals surface area contributed by atoms with E-state index in [0.717, 1.165) is 31.2 Å². The Morgan fingerprint density at radius 1 is 1.35 bits per heavy atom. The molecule has 0 aliphatic heterocycles. The molecule has 1 atom stereocenters. The molecule has 112 valence electrons. The summed E-state index contributed by atoms with van der Waals surface area (Å²) < 4.78 is 13.6. The van der Waals surface area contributed by atoms with E-state index in [1.54, 1.807) is 19.1 Å². The van der Waals surface area contributed by atoms with E-state index in [-0.39, 0.29) is 11.7 Å². The monoisotopic (exact) mass is 280 g/mol. The second-order valence-electron chi connectivity index (χ2n) is 5.25. The third kappa shape index (κ3) is 5.29. The number of rotatable bonds is 8. The van der Waals surface area contributed by atoms with Crippen LogP contribution < -0.4 is 11.1 Å². The maximum atomic E-state index is 13.6. The number of aryl methyl sites for hydroxylation is 1. The summed E-state index contributed by atoms with van der Waals surface area (Å²) in [7, 11) is 0. The summed E-state index contributed by atoms with van der Waals surface area (Å²) in [4.78, 5) is 11.9. The van der Waals surface area contributed by atoms with Gasteiger partial charge >= 0.3 is 0 Å². The van der Waals surface area contributed by atoms with E-state index < -0.39 is 0 Å². The van der Waals surface area contributed by atoms with Crippen molar-refractivity contribution < 1.29 is 9.18 Å². The van der Waals surface area contributed by atoms with Crippen LogP contribution in [0.2, 0.25) is 0 Å². The molecule has 4 heteroatoms. The molecular weight excluding hydrogens is 255 g/mol. The predicted octanol–water partition coefficient (Wildman–Crippen LogP) is 3.62. The first-order valence-electron chi connectivity index (χ1n) is 7.33. The number of hydrogen-bond donors (Lipinski definition) is 2. The van der Waals surface area contributed by atoms with Gasteiger partial charge in [-0.25, -0.2) is 4.39 Å². The van der Waals surface area contributed by atoms with Crippen molar-refractivity contribution in [3.63, 3.8) is 0 Å². The lowest BCUT2D eigenvalue weighted by atomic mass is 9.94. The van der Waals surface area contributed by atoms with Crippen LogP contribution in [0.25, 0.3) is 0 Å². The van der Waals surface area contributed by atoms with Gasteiger partial charge in [-0.3, -0.25) is 4.79 Å². The molecule has 0 heterocycles. The van der Waals surface area contributed by atoms with Crippen LogP contribution in [0.3, 0.4) is 0 Å². The third-order valence-electron chi connectivity index (χ3n) is 3.54. The standard InChI is InChI=1S/C16H25FN2O/c1-3-5-13(10-11-18)8-9-15(20)19-16-12(2)6-4-7-14(16)17/h4,6-7,13H,3,5,8-11,18H2,1-2H3,(H,19,20). The lowest BCUT2D eigenvalue weighted by molar-refractivity contribution is -0.116. The highest BCUT2D eigenvalue weighted by atomic mass is 19.1. The zero-order valence-corrected chi connectivity index (χ0v) is 12.4. The maximum Gasteiger partial charge on any atom is 0.224 e. The quantitative estimate of drug-likeness (QED) is 0.764. The van der Waals surface area contributed by atoms with Gasteiger partial charge in [0, 0.05) is 6.42 Å². The molecule has 0 saturated carbocycles. The molecule has 1 rings (SSSR count). The van der Waals surface area contributed by atoms with E-state index in [0.29, 0.717) is 24.6 Å². The summed E-state index contributed by atoms with van der Waals surface area (Å²) in [5.74, 6) is -0.0285. The Bertz CT molecular complexity index is 408. The number of anilines is 1. The summed E-state index contributed by atoms with van der Waals surface area (Å²) in [6.45, 7) is 4.57. The number of hydrogen-bond acceptors (Lipinski definition) is 2. The number of nitrogens with two attached hydrogens (primary N) is 1. The molecule has 3 N–H and O–H groups in total. The fraction of sp³-hybridized carbons (Fsp3) is 0.562. The van der Waals surface area contributed by atoms with Gasteiger partial charge in [0.1, 0.15) is 5.82 Å². The predicted molar refractivity (Wildman–Crippen MR) is 81.1 cm³/mol. The van der Waals surface area contributed by atoms with Crippen LogP contribution in [-0.4, -0.2) is 12.5 Å². The van der Waals surface area contributed by atoms with Crippen molar-refractivity contribution in [1.29, 1.82) is 0 Å². The van der Waals surface area contributed by atoms with Gasteiger partial charge in [0.05, 0.1) is 5.69 Å². The lowest BCUT2D eigenvalue weighted by Gasteiger charge is -2.15. The van der Waals surface area contributed by atoms with Crippen molar-refractivity contribution >= 4 is 11.6 Å². The molecule has 0 radical (unpaired) electrons. The molecule has 0 aromatic heterocycles. The summed E-state index contributed by atoms with van der Waals surface area (Å²) >= 11 is 0. The van der Waals surface area contributed by atoms with Gasteiger partial charge in [0.25, 0.3) is 0 Å². The molecule has 3 nitrogen and oxygen atoms in total.